The summed E-state index contributed by atoms with van der Waals surface area (Å²) in [7, 11) is 1.64. The maximum atomic E-state index is 9.30. The third-order valence-corrected chi connectivity index (χ3v) is 3.95. The van der Waals surface area contributed by atoms with Crippen molar-refractivity contribution in [1.29, 1.82) is 0 Å². The van der Waals surface area contributed by atoms with Crippen LogP contribution in [0, 0.1) is 0 Å². The van der Waals surface area contributed by atoms with Crippen molar-refractivity contribution in [2.24, 2.45) is 0 Å². The van der Waals surface area contributed by atoms with E-state index >= 15 is 0 Å². The normalized spacial score (nSPS) is 14.8. The van der Waals surface area contributed by atoms with Gasteiger partial charge in [0.2, 0.25) is 0 Å². The molecule has 1 aliphatic heterocycles. The Morgan fingerprint density at radius 3 is 2.50 bits per heavy atom. The van der Waals surface area contributed by atoms with E-state index in [9.17, 15) is 5.11 Å². The average molecular weight is 330 g/mol. The smallest absolute Gasteiger partial charge is 0.187 e. The molecule has 0 bridgehead atoms. The number of methoxy groups -OCH3 is 1. The third-order valence-electron chi connectivity index (χ3n) is 3.95. The standard InChI is InChI=1S/C19H22O5/c1-21-16-7-5-14(6-8-16)13-24-17-4-2-3-15(9-10-20)18(17)19-22-11-12-23-19/h2-8,19-20H,9-13H2,1H3. The second-order valence-electron chi connectivity index (χ2n) is 5.51. The van der Waals surface area contributed by atoms with Gasteiger partial charge in [0.15, 0.2) is 6.29 Å². The molecule has 2 aromatic rings. The average Bonchev–Trinajstić information content (AvgIpc) is 3.15. The predicted molar refractivity (Wildman–Crippen MR) is 89.2 cm³/mol. The molecule has 0 aliphatic carbocycles. The van der Waals surface area contributed by atoms with E-state index in [1.807, 2.05) is 42.5 Å². The topological polar surface area (TPSA) is 57.2 Å². The fraction of sp³-hybridized carbons (Fsp3) is 0.368. The molecule has 0 unspecified atom stereocenters. The van der Waals surface area contributed by atoms with Crippen molar-refractivity contribution in [3.8, 4) is 11.5 Å². The van der Waals surface area contributed by atoms with E-state index in [1.165, 1.54) is 0 Å². The molecule has 0 amide bonds. The van der Waals surface area contributed by atoms with Gasteiger partial charge in [0.1, 0.15) is 18.1 Å². The second-order valence-corrected chi connectivity index (χ2v) is 5.51. The first-order valence-corrected chi connectivity index (χ1v) is 8.03. The summed E-state index contributed by atoms with van der Waals surface area (Å²) >= 11 is 0. The number of hydrogen-bond acceptors (Lipinski definition) is 5. The zero-order valence-corrected chi connectivity index (χ0v) is 13.7. The van der Waals surface area contributed by atoms with Gasteiger partial charge in [-0.2, -0.15) is 0 Å². The molecule has 1 heterocycles. The van der Waals surface area contributed by atoms with Gasteiger partial charge in [-0.3, -0.25) is 0 Å². The maximum absolute atomic E-state index is 9.30. The Morgan fingerprint density at radius 1 is 1.08 bits per heavy atom. The first-order valence-electron chi connectivity index (χ1n) is 8.03. The van der Waals surface area contributed by atoms with Crippen LogP contribution in [0.4, 0.5) is 0 Å². The molecule has 0 aromatic heterocycles. The van der Waals surface area contributed by atoms with Gasteiger partial charge in [0.25, 0.3) is 0 Å². The van der Waals surface area contributed by atoms with Gasteiger partial charge in [0, 0.05) is 6.61 Å². The van der Waals surface area contributed by atoms with Gasteiger partial charge in [-0.05, 0) is 35.7 Å². The van der Waals surface area contributed by atoms with E-state index < -0.39 is 6.29 Å². The van der Waals surface area contributed by atoms with Crippen molar-refractivity contribution in [1.82, 2.24) is 0 Å². The molecule has 1 N–H and O–H groups in total. The zero-order valence-electron chi connectivity index (χ0n) is 13.7. The number of rotatable bonds is 7. The monoisotopic (exact) mass is 330 g/mol. The summed E-state index contributed by atoms with van der Waals surface area (Å²) in [5.74, 6) is 1.54. The van der Waals surface area contributed by atoms with E-state index in [2.05, 4.69) is 0 Å². The minimum absolute atomic E-state index is 0.0711. The molecule has 128 valence electrons. The van der Waals surface area contributed by atoms with Crippen LogP contribution >= 0.6 is 0 Å². The summed E-state index contributed by atoms with van der Waals surface area (Å²) in [6.45, 7) is 1.64. The minimum atomic E-state index is -0.432. The molecule has 24 heavy (non-hydrogen) atoms. The van der Waals surface area contributed by atoms with Crippen LogP contribution in [0.25, 0.3) is 0 Å². The summed E-state index contributed by atoms with van der Waals surface area (Å²) in [6, 6.07) is 13.6. The molecule has 0 spiro atoms. The molecule has 1 fully saturated rings. The Bertz CT molecular complexity index is 647. The summed E-state index contributed by atoms with van der Waals surface area (Å²) in [5, 5.41) is 9.30. The number of aliphatic hydroxyl groups excluding tert-OH is 1. The molecule has 1 aliphatic rings. The van der Waals surface area contributed by atoms with Crippen molar-refractivity contribution >= 4 is 0 Å². The third kappa shape index (κ3) is 3.87. The lowest BCUT2D eigenvalue weighted by Crippen LogP contribution is -2.08. The quantitative estimate of drug-likeness (QED) is 0.846. The zero-order chi connectivity index (χ0) is 16.8. The molecule has 1 saturated heterocycles. The molecule has 0 saturated carbocycles. The van der Waals surface area contributed by atoms with E-state index in [4.69, 9.17) is 18.9 Å². The van der Waals surface area contributed by atoms with Crippen LogP contribution < -0.4 is 9.47 Å². The van der Waals surface area contributed by atoms with Crippen LogP contribution in [0.5, 0.6) is 11.5 Å². The van der Waals surface area contributed by atoms with Gasteiger partial charge in [-0.1, -0.05) is 24.3 Å². The highest BCUT2D eigenvalue weighted by Crippen LogP contribution is 2.35. The van der Waals surface area contributed by atoms with Crippen molar-refractivity contribution in [3.63, 3.8) is 0 Å². The summed E-state index contributed by atoms with van der Waals surface area (Å²) in [4.78, 5) is 0. The number of aliphatic hydroxyl groups is 1. The van der Waals surface area contributed by atoms with Crippen LogP contribution in [0.15, 0.2) is 42.5 Å². The maximum Gasteiger partial charge on any atom is 0.187 e. The Kier molecular flexibility index (Phi) is 5.69. The number of benzene rings is 2. The second kappa shape index (κ2) is 8.15. The van der Waals surface area contributed by atoms with Crippen molar-refractivity contribution in [2.45, 2.75) is 19.3 Å². The van der Waals surface area contributed by atoms with Crippen molar-refractivity contribution in [2.75, 3.05) is 26.9 Å². The Morgan fingerprint density at radius 2 is 1.83 bits per heavy atom. The molecule has 0 radical (unpaired) electrons. The van der Waals surface area contributed by atoms with Crippen LogP contribution in [0.2, 0.25) is 0 Å². The van der Waals surface area contributed by atoms with Crippen molar-refractivity contribution < 1.29 is 24.1 Å². The number of ether oxygens (including phenoxy) is 4. The minimum Gasteiger partial charge on any atom is -0.497 e. The molecular formula is C19H22O5. The fourth-order valence-corrected chi connectivity index (χ4v) is 2.73. The highest BCUT2D eigenvalue weighted by molar-refractivity contribution is 5.42. The van der Waals surface area contributed by atoms with E-state index in [-0.39, 0.29) is 6.61 Å². The predicted octanol–water partition coefficient (Wildman–Crippen LogP) is 2.85. The van der Waals surface area contributed by atoms with Crippen LogP contribution in [-0.2, 0) is 22.5 Å². The molecule has 5 nitrogen and oxygen atoms in total. The number of hydrogen-bond donors (Lipinski definition) is 1. The van der Waals surface area contributed by atoms with E-state index in [1.54, 1.807) is 7.11 Å². The Hall–Kier alpha value is -2.08. The summed E-state index contributed by atoms with van der Waals surface area (Å²) in [5.41, 5.74) is 2.90. The van der Waals surface area contributed by atoms with Crippen LogP contribution in [0.1, 0.15) is 23.0 Å². The first kappa shape index (κ1) is 16.8. The summed E-state index contributed by atoms with van der Waals surface area (Å²) < 4.78 is 22.5. The van der Waals surface area contributed by atoms with Gasteiger partial charge < -0.3 is 24.1 Å². The lowest BCUT2D eigenvalue weighted by atomic mass is 10.0. The van der Waals surface area contributed by atoms with Crippen LogP contribution in [0.3, 0.4) is 0 Å². The lowest BCUT2D eigenvalue weighted by Gasteiger charge is -2.19. The van der Waals surface area contributed by atoms with E-state index in [0.29, 0.717) is 26.2 Å². The molecule has 5 heteroatoms. The lowest BCUT2D eigenvalue weighted by molar-refractivity contribution is -0.0465. The fourth-order valence-electron chi connectivity index (χ4n) is 2.73. The first-order chi connectivity index (χ1) is 11.8. The van der Waals surface area contributed by atoms with Gasteiger partial charge in [-0.15, -0.1) is 0 Å². The van der Waals surface area contributed by atoms with Crippen molar-refractivity contribution in [3.05, 3.63) is 59.2 Å². The summed E-state index contributed by atoms with van der Waals surface area (Å²) in [6.07, 6.45) is 0.108. The van der Waals surface area contributed by atoms with Gasteiger partial charge in [-0.25, -0.2) is 0 Å². The SMILES string of the molecule is COc1ccc(COc2cccc(CCO)c2C2OCCO2)cc1. The Balaban J connectivity index is 1.79. The largest absolute Gasteiger partial charge is 0.497 e. The molecule has 2 aromatic carbocycles. The highest BCUT2D eigenvalue weighted by Gasteiger charge is 2.25. The van der Waals surface area contributed by atoms with E-state index in [0.717, 1.165) is 28.2 Å². The molecule has 3 rings (SSSR count). The molecule has 0 atom stereocenters. The van der Waals surface area contributed by atoms with Crippen LogP contribution in [-0.4, -0.2) is 32.0 Å². The molecular weight excluding hydrogens is 308 g/mol. The Labute approximate surface area is 141 Å². The van der Waals surface area contributed by atoms with Gasteiger partial charge >= 0.3 is 0 Å². The highest BCUT2D eigenvalue weighted by atomic mass is 16.7. The van der Waals surface area contributed by atoms with Gasteiger partial charge in [0.05, 0.1) is 25.9 Å².